The summed E-state index contributed by atoms with van der Waals surface area (Å²) in [6.07, 6.45) is 7.16. The Morgan fingerprint density at radius 2 is 1.86 bits per heavy atom. The van der Waals surface area contributed by atoms with Crippen LogP contribution in [0.2, 0.25) is 0 Å². The normalized spacial score (nSPS) is 34.6. The SMILES string of the molecule is CCCNC1CCC2(CC1N1CCC(C)CC1)OCCO2. The lowest BCUT2D eigenvalue weighted by Gasteiger charge is -2.48. The van der Waals surface area contributed by atoms with Crippen LogP contribution in [0.5, 0.6) is 0 Å². The van der Waals surface area contributed by atoms with Gasteiger partial charge in [0.15, 0.2) is 5.79 Å². The summed E-state index contributed by atoms with van der Waals surface area (Å²) in [5.41, 5.74) is 0. The molecule has 21 heavy (non-hydrogen) atoms. The van der Waals surface area contributed by atoms with Crippen molar-refractivity contribution in [3.05, 3.63) is 0 Å². The van der Waals surface area contributed by atoms with Crippen LogP contribution in [0.1, 0.15) is 52.4 Å². The summed E-state index contributed by atoms with van der Waals surface area (Å²) in [5, 5.41) is 3.78. The molecule has 3 rings (SSSR count). The molecule has 0 aromatic rings. The third kappa shape index (κ3) is 3.61. The fourth-order valence-electron chi connectivity index (χ4n) is 4.20. The summed E-state index contributed by atoms with van der Waals surface area (Å²) in [6.45, 7) is 9.79. The van der Waals surface area contributed by atoms with Gasteiger partial charge in [0.2, 0.25) is 0 Å². The third-order valence-electron chi connectivity index (χ3n) is 5.58. The molecule has 0 amide bonds. The number of hydrogen-bond acceptors (Lipinski definition) is 4. The molecule has 4 heteroatoms. The Hall–Kier alpha value is -0.160. The highest BCUT2D eigenvalue weighted by atomic mass is 16.7. The van der Waals surface area contributed by atoms with Gasteiger partial charge in [-0.1, -0.05) is 13.8 Å². The highest BCUT2D eigenvalue weighted by Gasteiger charge is 2.46. The number of ether oxygens (including phenoxy) is 2. The first kappa shape index (κ1) is 15.7. The van der Waals surface area contributed by atoms with Crippen molar-refractivity contribution in [3.63, 3.8) is 0 Å². The topological polar surface area (TPSA) is 33.7 Å². The van der Waals surface area contributed by atoms with Gasteiger partial charge in [-0.2, -0.15) is 0 Å². The van der Waals surface area contributed by atoms with Crippen molar-refractivity contribution >= 4 is 0 Å². The monoisotopic (exact) mass is 296 g/mol. The Balaban J connectivity index is 1.66. The second-order valence-electron chi connectivity index (χ2n) is 7.20. The Labute approximate surface area is 129 Å². The van der Waals surface area contributed by atoms with Gasteiger partial charge in [-0.05, 0) is 51.2 Å². The maximum Gasteiger partial charge on any atom is 0.170 e. The zero-order valence-electron chi connectivity index (χ0n) is 13.8. The molecule has 0 aromatic heterocycles. The molecule has 0 bridgehead atoms. The average Bonchev–Trinajstić information content (AvgIpc) is 2.95. The molecule has 4 nitrogen and oxygen atoms in total. The van der Waals surface area contributed by atoms with Crippen LogP contribution in [0.4, 0.5) is 0 Å². The van der Waals surface area contributed by atoms with Crippen LogP contribution in [0.3, 0.4) is 0 Å². The predicted octanol–water partition coefficient (Wildman–Crippen LogP) is 2.38. The summed E-state index contributed by atoms with van der Waals surface area (Å²) >= 11 is 0. The van der Waals surface area contributed by atoms with E-state index in [1.165, 1.54) is 38.8 Å². The predicted molar refractivity (Wildman–Crippen MR) is 84.3 cm³/mol. The van der Waals surface area contributed by atoms with Gasteiger partial charge in [0.25, 0.3) is 0 Å². The fourth-order valence-corrected chi connectivity index (χ4v) is 4.20. The first-order valence-corrected chi connectivity index (χ1v) is 8.98. The second kappa shape index (κ2) is 6.95. The molecule has 0 radical (unpaired) electrons. The zero-order chi connectivity index (χ0) is 14.7. The molecule has 122 valence electrons. The standard InChI is InChI=1S/C17H32N2O2/c1-3-8-18-15-4-7-17(20-11-12-21-17)13-16(15)19-9-5-14(2)6-10-19/h14-16,18H,3-13H2,1-2H3. The maximum absolute atomic E-state index is 6.00. The highest BCUT2D eigenvalue weighted by molar-refractivity contribution is 4.97. The summed E-state index contributed by atoms with van der Waals surface area (Å²) in [7, 11) is 0. The number of likely N-dealkylation sites (tertiary alicyclic amines) is 1. The zero-order valence-corrected chi connectivity index (χ0v) is 13.8. The molecular formula is C17H32N2O2. The minimum atomic E-state index is -0.266. The lowest BCUT2D eigenvalue weighted by atomic mass is 9.83. The minimum Gasteiger partial charge on any atom is -0.347 e. The lowest BCUT2D eigenvalue weighted by Crippen LogP contribution is -2.59. The molecule has 1 saturated carbocycles. The van der Waals surface area contributed by atoms with Crippen LogP contribution in [0.15, 0.2) is 0 Å². The van der Waals surface area contributed by atoms with Crippen LogP contribution < -0.4 is 5.32 Å². The van der Waals surface area contributed by atoms with Gasteiger partial charge >= 0.3 is 0 Å². The van der Waals surface area contributed by atoms with E-state index in [0.717, 1.165) is 38.5 Å². The summed E-state index contributed by atoms with van der Waals surface area (Å²) < 4.78 is 12.0. The van der Waals surface area contributed by atoms with E-state index in [1.807, 2.05) is 0 Å². The number of piperidine rings is 1. The van der Waals surface area contributed by atoms with Gasteiger partial charge in [0.05, 0.1) is 13.2 Å². The Morgan fingerprint density at radius 3 is 2.52 bits per heavy atom. The molecule has 2 heterocycles. The van der Waals surface area contributed by atoms with Crippen molar-refractivity contribution in [2.45, 2.75) is 70.2 Å². The summed E-state index contributed by atoms with van der Waals surface area (Å²) in [4.78, 5) is 2.71. The van der Waals surface area contributed by atoms with E-state index in [9.17, 15) is 0 Å². The first-order chi connectivity index (χ1) is 10.2. The number of nitrogens with zero attached hydrogens (tertiary/aromatic N) is 1. The summed E-state index contributed by atoms with van der Waals surface area (Å²) in [5.74, 6) is 0.623. The Kier molecular flexibility index (Phi) is 5.20. The molecule has 2 atom stereocenters. The average molecular weight is 296 g/mol. The third-order valence-corrected chi connectivity index (χ3v) is 5.58. The van der Waals surface area contributed by atoms with E-state index >= 15 is 0 Å². The van der Waals surface area contributed by atoms with Crippen LogP contribution in [-0.4, -0.2) is 55.6 Å². The first-order valence-electron chi connectivity index (χ1n) is 8.98. The van der Waals surface area contributed by atoms with Gasteiger partial charge < -0.3 is 14.8 Å². The molecule has 2 aliphatic heterocycles. The second-order valence-corrected chi connectivity index (χ2v) is 7.20. The molecule has 1 N–H and O–H groups in total. The van der Waals surface area contributed by atoms with Crippen LogP contribution in [0, 0.1) is 5.92 Å². The van der Waals surface area contributed by atoms with Crippen LogP contribution in [0.25, 0.3) is 0 Å². The van der Waals surface area contributed by atoms with E-state index in [0.29, 0.717) is 12.1 Å². The number of hydrogen-bond donors (Lipinski definition) is 1. The van der Waals surface area contributed by atoms with Crippen molar-refractivity contribution in [2.75, 3.05) is 32.8 Å². The molecule has 1 spiro atoms. The van der Waals surface area contributed by atoms with E-state index in [-0.39, 0.29) is 5.79 Å². The van der Waals surface area contributed by atoms with E-state index in [1.54, 1.807) is 0 Å². The van der Waals surface area contributed by atoms with Gasteiger partial charge in [-0.25, -0.2) is 0 Å². The molecule has 3 aliphatic rings. The van der Waals surface area contributed by atoms with E-state index in [4.69, 9.17) is 9.47 Å². The van der Waals surface area contributed by atoms with Crippen LogP contribution >= 0.6 is 0 Å². The number of nitrogens with one attached hydrogen (secondary N) is 1. The van der Waals surface area contributed by atoms with Gasteiger partial charge in [-0.15, -0.1) is 0 Å². The molecular weight excluding hydrogens is 264 g/mol. The summed E-state index contributed by atoms with van der Waals surface area (Å²) in [6, 6.07) is 1.19. The van der Waals surface area contributed by atoms with Gasteiger partial charge in [0, 0.05) is 24.9 Å². The lowest BCUT2D eigenvalue weighted by molar-refractivity contribution is -0.194. The fraction of sp³-hybridized carbons (Fsp3) is 1.00. The molecule has 2 saturated heterocycles. The molecule has 3 fully saturated rings. The largest absolute Gasteiger partial charge is 0.347 e. The smallest absolute Gasteiger partial charge is 0.170 e. The van der Waals surface area contributed by atoms with Crippen molar-refractivity contribution in [3.8, 4) is 0 Å². The van der Waals surface area contributed by atoms with Crippen molar-refractivity contribution in [1.82, 2.24) is 10.2 Å². The van der Waals surface area contributed by atoms with Crippen molar-refractivity contribution in [2.24, 2.45) is 5.92 Å². The van der Waals surface area contributed by atoms with E-state index < -0.39 is 0 Å². The highest BCUT2D eigenvalue weighted by Crippen LogP contribution is 2.38. The van der Waals surface area contributed by atoms with Crippen molar-refractivity contribution < 1.29 is 9.47 Å². The van der Waals surface area contributed by atoms with Gasteiger partial charge in [0.1, 0.15) is 0 Å². The molecule has 2 unspecified atom stereocenters. The number of rotatable bonds is 4. The maximum atomic E-state index is 6.00. The molecule has 0 aromatic carbocycles. The van der Waals surface area contributed by atoms with E-state index in [2.05, 4.69) is 24.1 Å². The minimum absolute atomic E-state index is 0.266. The van der Waals surface area contributed by atoms with Gasteiger partial charge in [-0.3, -0.25) is 4.90 Å². The quantitative estimate of drug-likeness (QED) is 0.863. The van der Waals surface area contributed by atoms with Crippen molar-refractivity contribution in [1.29, 1.82) is 0 Å². The Bertz CT molecular complexity index is 318. The van der Waals surface area contributed by atoms with Crippen LogP contribution in [-0.2, 0) is 9.47 Å². The Morgan fingerprint density at radius 1 is 1.14 bits per heavy atom. The molecule has 1 aliphatic carbocycles.